The molecule has 2 atom stereocenters. The van der Waals surface area contributed by atoms with Crippen LogP contribution in [0.5, 0.6) is 0 Å². The summed E-state index contributed by atoms with van der Waals surface area (Å²) in [5, 5.41) is 4.78. The lowest BCUT2D eigenvalue weighted by molar-refractivity contribution is -0.128. The molecule has 2 fully saturated rings. The Kier molecular flexibility index (Phi) is 8.02. The summed E-state index contributed by atoms with van der Waals surface area (Å²) in [6, 6.07) is 5.53. The molecule has 24 heavy (non-hydrogen) atoms. The molecule has 1 N–H and O–H groups in total. The number of likely N-dealkylation sites (tertiary alicyclic amines) is 1. The van der Waals surface area contributed by atoms with Gasteiger partial charge in [-0.2, -0.15) is 0 Å². The van der Waals surface area contributed by atoms with Crippen LogP contribution in [0, 0.1) is 11.8 Å². The van der Waals surface area contributed by atoms with Gasteiger partial charge in [-0.15, -0.1) is 24.2 Å². The van der Waals surface area contributed by atoms with Crippen LogP contribution in [0.25, 0.3) is 0 Å². The van der Waals surface area contributed by atoms with E-state index in [-0.39, 0.29) is 18.3 Å². The number of carbonyl (C=O) groups excluding carboxylic acids is 1. The number of hydrogen-bond donors (Lipinski definition) is 1. The van der Waals surface area contributed by atoms with Gasteiger partial charge in [0, 0.05) is 28.9 Å². The zero-order valence-electron chi connectivity index (χ0n) is 13.5. The molecule has 0 aliphatic carbocycles. The number of benzene rings is 1. The minimum Gasteiger partial charge on any atom is -0.342 e. The molecule has 1 aromatic rings. The number of nitrogens with one attached hydrogen (secondary N) is 1. The van der Waals surface area contributed by atoms with Crippen LogP contribution in [0.1, 0.15) is 18.4 Å². The number of fused-ring (bicyclic) bond motifs is 1. The van der Waals surface area contributed by atoms with E-state index in [9.17, 15) is 4.79 Å². The van der Waals surface area contributed by atoms with Gasteiger partial charge in [-0.3, -0.25) is 4.79 Å². The molecule has 1 amide bonds. The molecule has 2 heterocycles. The molecule has 2 aliphatic rings. The first kappa shape index (κ1) is 20.2. The van der Waals surface area contributed by atoms with Gasteiger partial charge < -0.3 is 10.2 Å². The molecule has 0 unspecified atom stereocenters. The van der Waals surface area contributed by atoms with Crippen molar-refractivity contribution in [2.45, 2.75) is 18.6 Å². The highest BCUT2D eigenvalue weighted by molar-refractivity contribution is 7.99. The molecule has 0 saturated carbocycles. The Morgan fingerprint density at radius 1 is 1.21 bits per heavy atom. The molecule has 0 spiro atoms. The molecule has 134 valence electrons. The minimum absolute atomic E-state index is 0. The highest BCUT2D eigenvalue weighted by Crippen LogP contribution is 2.28. The van der Waals surface area contributed by atoms with Crippen molar-refractivity contribution in [1.82, 2.24) is 10.2 Å². The number of halogens is 3. The van der Waals surface area contributed by atoms with Crippen molar-refractivity contribution in [3.05, 3.63) is 33.8 Å². The fraction of sp³-hybridized carbons (Fsp3) is 0.588. The second-order valence-corrected chi connectivity index (χ2v) is 8.19. The summed E-state index contributed by atoms with van der Waals surface area (Å²) in [6.45, 7) is 4.06. The number of rotatable bonds is 4. The van der Waals surface area contributed by atoms with Crippen LogP contribution in [0.4, 0.5) is 0 Å². The topological polar surface area (TPSA) is 32.3 Å². The van der Waals surface area contributed by atoms with Crippen LogP contribution in [0.3, 0.4) is 0 Å². The number of nitrogens with zero attached hydrogens (tertiary/aromatic N) is 1. The summed E-state index contributed by atoms with van der Waals surface area (Å²) in [6.07, 6.45) is 2.27. The van der Waals surface area contributed by atoms with E-state index in [2.05, 4.69) is 10.2 Å². The third-order valence-corrected chi connectivity index (χ3v) is 6.42. The molecular weight excluding hydrogens is 387 g/mol. The molecule has 3 rings (SSSR count). The van der Waals surface area contributed by atoms with Gasteiger partial charge >= 0.3 is 0 Å². The first-order valence-corrected chi connectivity index (χ1v) is 10.0. The molecule has 0 aromatic heterocycles. The van der Waals surface area contributed by atoms with E-state index in [1.807, 2.05) is 12.1 Å². The lowest BCUT2D eigenvalue weighted by atomic mass is 9.92. The van der Waals surface area contributed by atoms with Crippen molar-refractivity contribution in [2.75, 3.05) is 31.9 Å². The number of amides is 1. The van der Waals surface area contributed by atoms with Gasteiger partial charge in [0.1, 0.15) is 0 Å². The zero-order valence-corrected chi connectivity index (χ0v) is 16.6. The van der Waals surface area contributed by atoms with Gasteiger partial charge in [-0.1, -0.05) is 29.3 Å². The van der Waals surface area contributed by atoms with E-state index >= 15 is 0 Å². The van der Waals surface area contributed by atoms with Crippen LogP contribution in [-0.4, -0.2) is 42.7 Å². The third kappa shape index (κ3) is 5.18. The van der Waals surface area contributed by atoms with E-state index in [0.717, 1.165) is 62.2 Å². The van der Waals surface area contributed by atoms with Gasteiger partial charge in [-0.05, 0) is 55.5 Å². The van der Waals surface area contributed by atoms with Crippen molar-refractivity contribution in [2.24, 2.45) is 11.8 Å². The maximum Gasteiger partial charge on any atom is 0.232 e. The van der Waals surface area contributed by atoms with Crippen LogP contribution >= 0.6 is 47.4 Å². The van der Waals surface area contributed by atoms with Crippen molar-refractivity contribution < 1.29 is 4.79 Å². The second kappa shape index (κ2) is 9.54. The molecule has 0 radical (unpaired) electrons. The Labute approximate surface area is 164 Å². The van der Waals surface area contributed by atoms with Crippen molar-refractivity contribution in [3.8, 4) is 0 Å². The predicted octanol–water partition coefficient (Wildman–Crippen LogP) is 4.11. The lowest BCUT2D eigenvalue weighted by Crippen LogP contribution is -2.34. The van der Waals surface area contributed by atoms with Crippen molar-refractivity contribution in [1.29, 1.82) is 0 Å². The number of thioether (sulfide) groups is 1. The quantitative estimate of drug-likeness (QED) is 0.812. The van der Waals surface area contributed by atoms with E-state index < -0.39 is 0 Å². The van der Waals surface area contributed by atoms with E-state index in [1.54, 1.807) is 17.8 Å². The Morgan fingerprint density at radius 3 is 2.50 bits per heavy atom. The average molecular weight is 410 g/mol. The standard InChI is InChI=1S/C17H22Cl2N2OS.ClH/c18-15-2-1-14(16(19)7-15)10-23-11-17(22)21-5-3-12-8-20-9-13(12)4-6-21;/h1-2,7,12-13,20H,3-6,8-11H2;1H/t12-,13+;. The summed E-state index contributed by atoms with van der Waals surface area (Å²) < 4.78 is 0. The van der Waals surface area contributed by atoms with Gasteiger partial charge in [0.15, 0.2) is 0 Å². The van der Waals surface area contributed by atoms with Crippen LogP contribution in [0.2, 0.25) is 10.0 Å². The monoisotopic (exact) mass is 408 g/mol. The fourth-order valence-corrected chi connectivity index (χ4v) is 4.93. The van der Waals surface area contributed by atoms with Gasteiger partial charge in [0.05, 0.1) is 5.75 Å². The summed E-state index contributed by atoms with van der Waals surface area (Å²) >= 11 is 13.7. The summed E-state index contributed by atoms with van der Waals surface area (Å²) in [4.78, 5) is 14.5. The predicted molar refractivity (Wildman–Crippen MR) is 106 cm³/mol. The lowest BCUT2D eigenvalue weighted by Gasteiger charge is -2.20. The maximum absolute atomic E-state index is 12.4. The molecule has 3 nitrogen and oxygen atoms in total. The van der Waals surface area contributed by atoms with Crippen LogP contribution < -0.4 is 5.32 Å². The normalized spacial score (nSPS) is 23.3. The minimum atomic E-state index is 0. The number of carbonyl (C=O) groups is 1. The molecule has 2 aliphatic heterocycles. The van der Waals surface area contributed by atoms with Gasteiger partial charge in [0.2, 0.25) is 5.91 Å². The molecular formula is C17H23Cl3N2OS. The first-order valence-electron chi connectivity index (χ1n) is 8.13. The molecule has 0 bridgehead atoms. The van der Waals surface area contributed by atoms with E-state index in [4.69, 9.17) is 23.2 Å². The SMILES string of the molecule is Cl.O=C(CSCc1ccc(Cl)cc1Cl)N1CC[C@@H]2CNC[C@@H]2CC1. The Morgan fingerprint density at radius 2 is 1.88 bits per heavy atom. The zero-order chi connectivity index (χ0) is 16.2. The van der Waals surface area contributed by atoms with Crippen LogP contribution in [-0.2, 0) is 10.5 Å². The smallest absolute Gasteiger partial charge is 0.232 e. The second-order valence-electron chi connectivity index (χ2n) is 6.37. The fourth-order valence-electron chi connectivity index (χ4n) is 3.45. The average Bonchev–Trinajstić information content (AvgIpc) is 2.88. The molecule has 7 heteroatoms. The third-order valence-electron chi connectivity index (χ3n) is 4.87. The Bertz CT molecular complexity index is 559. The Balaban J connectivity index is 0.00000208. The van der Waals surface area contributed by atoms with Crippen molar-refractivity contribution >= 4 is 53.3 Å². The van der Waals surface area contributed by atoms with E-state index in [0.29, 0.717) is 15.8 Å². The van der Waals surface area contributed by atoms with E-state index in [1.165, 1.54) is 0 Å². The molecule has 2 saturated heterocycles. The summed E-state index contributed by atoms with van der Waals surface area (Å²) in [7, 11) is 0. The van der Waals surface area contributed by atoms with Gasteiger partial charge in [-0.25, -0.2) is 0 Å². The van der Waals surface area contributed by atoms with Gasteiger partial charge in [0.25, 0.3) is 0 Å². The van der Waals surface area contributed by atoms with Crippen LogP contribution in [0.15, 0.2) is 18.2 Å². The largest absolute Gasteiger partial charge is 0.342 e. The highest BCUT2D eigenvalue weighted by Gasteiger charge is 2.31. The molecule has 1 aromatic carbocycles. The maximum atomic E-state index is 12.4. The summed E-state index contributed by atoms with van der Waals surface area (Å²) in [5.41, 5.74) is 1.03. The Hall–Kier alpha value is -0.130. The van der Waals surface area contributed by atoms with Crippen molar-refractivity contribution in [3.63, 3.8) is 0 Å². The number of hydrogen-bond acceptors (Lipinski definition) is 3. The highest BCUT2D eigenvalue weighted by atomic mass is 35.5. The summed E-state index contributed by atoms with van der Waals surface area (Å²) in [5.74, 6) is 3.03. The first-order chi connectivity index (χ1) is 11.1.